The summed E-state index contributed by atoms with van der Waals surface area (Å²) >= 11 is 0. The van der Waals surface area contributed by atoms with E-state index in [1.54, 1.807) is 7.11 Å². The third-order valence-electron chi connectivity index (χ3n) is 5.22. The number of fused-ring (bicyclic) bond motifs is 1. The van der Waals surface area contributed by atoms with Crippen molar-refractivity contribution >= 4 is 16.9 Å². The fraction of sp³-hybridized carbons (Fsp3) is 0.160. The van der Waals surface area contributed by atoms with Gasteiger partial charge in [-0.25, -0.2) is 0 Å². The average Bonchev–Trinajstić information content (AvgIpc) is 3.13. The summed E-state index contributed by atoms with van der Waals surface area (Å²) < 4.78 is 7.38. The second-order valence-corrected chi connectivity index (χ2v) is 7.22. The van der Waals surface area contributed by atoms with Crippen LogP contribution < -0.4 is 10.1 Å². The Labute approximate surface area is 175 Å². The second-order valence-electron chi connectivity index (χ2n) is 7.22. The number of carbonyl (C=O) groups is 1. The first-order chi connectivity index (χ1) is 14.7. The fourth-order valence-corrected chi connectivity index (χ4v) is 3.75. The summed E-state index contributed by atoms with van der Waals surface area (Å²) in [5.74, 6) is -0.152. The molecule has 4 rings (SSSR count). The molecule has 0 aliphatic rings. The van der Waals surface area contributed by atoms with Crippen molar-refractivity contribution in [1.29, 1.82) is 0 Å². The van der Waals surface area contributed by atoms with Crippen molar-refractivity contribution in [2.45, 2.75) is 19.1 Å². The molecule has 0 radical (unpaired) electrons. The van der Waals surface area contributed by atoms with Gasteiger partial charge < -0.3 is 14.4 Å². The van der Waals surface area contributed by atoms with E-state index in [0.717, 1.165) is 27.8 Å². The minimum Gasteiger partial charge on any atom is -0.497 e. The number of carboxylic acids is 1. The fourth-order valence-electron chi connectivity index (χ4n) is 3.75. The number of hydrogen-bond acceptors (Lipinski definition) is 3. The van der Waals surface area contributed by atoms with Crippen molar-refractivity contribution in [3.63, 3.8) is 0 Å². The number of benzene rings is 3. The van der Waals surface area contributed by atoms with E-state index in [1.165, 1.54) is 5.56 Å². The molecule has 5 nitrogen and oxygen atoms in total. The van der Waals surface area contributed by atoms with Crippen LogP contribution in [0.15, 0.2) is 85.1 Å². The number of methoxy groups -OCH3 is 1. The van der Waals surface area contributed by atoms with Gasteiger partial charge in [0.15, 0.2) is 0 Å². The minimum atomic E-state index is -0.902. The summed E-state index contributed by atoms with van der Waals surface area (Å²) in [5, 5.41) is 14.1. The zero-order chi connectivity index (χ0) is 20.9. The van der Waals surface area contributed by atoms with E-state index in [0.29, 0.717) is 13.1 Å². The Morgan fingerprint density at radius 3 is 2.50 bits per heavy atom. The standard InChI is InChI=1S/C25H24N2O3/c1-30-20-11-7-10-19(14-20)15-26-24(25(28)29)22-17-27(16-18-8-3-2-4-9-18)23-13-6-5-12-21(22)23/h2-14,17,24,26H,15-16H2,1H3,(H,28,29). The molecule has 0 bridgehead atoms. The summed E-state index contributed by atoms with van der Waals surface area (Å²) in [4.78, 5) is 12.2. The number of rotatable bonds is 8. The predicted octanol–water partition coefficient (Wildman–Crippen LogP) is 4.61. The highest BCUT2D eigenvalue weighted by Crippen LogP contribution is 2.28. The van der Waals surface area contributed by atoms with E-state index in [1.807, 2.05) is 72.9 Å². The van der Waals surface area contributed by atoms with E-state index in [9.17, 15) is 9.90 Å². The van der Waals surface area contributed by atoms with Crippen molar-refractivity contribution in [2.24, 2.45) is 0 Å². The number of carboxylic acid groups (broad SMARTS) is 1. The van der Waals surface area contributed by atoms with Crippen molar-refractivity contribution in [3.8, 4) is 5.75 Å². The Hall–Kier alpha value is -3.57. The van der Waals surface area contributed by atoms with E-state index >= 15 is 0 Å². The molecule has 1 aromatic heterocycles. The molecular formula is C25H24N2O3. The molecule has 30 heavy (non-hydrogen) atoms. The number of ether oxygens (including phenoxy) is 1. The molecule has 152 valence electrons. The lowest BCUT2D eigenvalue weighted by Crippen LogP contribution is -2.28. The molecule has 4 aromatic rings. The molecule has 1 unspecified atom stereocenters. The van der Waals surface area contributed by atoms with E-state index < -0.39 is 12.0 Å². The summed E-state index contributed by atoms with van der Waals surface area (Å²) in [7, 11) is 1.62. The van der Waals surface area contributed by atoms with Crippen LogP contribution in [0.5, 0.6) is 5.75 Å². The summed E-state index contributed by atoms with van der Waals surface area (Å²) in [6.45, 7) is 1.11. The van der Waals surface area contributed by atoms with Gasteiger partial charge in [-0.05, 0) is 29.3 Å². The molecule has 1 heterocycles. The lowest BCUT2D eigenvalue weighted by molar-refractivity contribution is -0.139. The summed E-state index contributed by atoms with van der Waals surface area (Å²) in [6, 6.07) is 24.9. The highest BCUT2D eigenvalue weighted by atomic mass is 16.5. The van der Waals surface area contributed by atoms with Crippen LogP contribution in [0.2, 0.25) is 0 Å². The minimum absolute atomic E-state index is 0.423. The number of para-hydroxylation sites is 1. The third kappa shape index (κ3) is 4.21. The van der Waals surface area contributed by atoms with Crippen molar-refractivity contribution in [2.75, 3.05) is 7.11 Å². The normalized spacial score (nSPS) is 12.0. The summed E-state index contributed by atoms with van der Waals surface area (Å²) in [6.07, 6.45) is 1.95. The highest BCUT2D eigenvalue weighted by Gasteiger charge is 2.24. The molecule has 5 heteroatoms. The van der Waals surface area contributed by atoms with Crippen molar-refractivity contribution in [3.05, 3.63) is 102 Å². The van der Waals surface area contributed by atoms with E-state index in [4.69, 9.17) is 4.74 Å². The Morgan fingerprint density at radius 2 is 1.73 bits per heavy atom. The van der Waals surface area contributed by atoms with Gasteiger partial charge in [-0.15, -0.1) is 0 Å². The molecule has 1 atom stereocenters. The van der Waals surface area contributed by atoms with Crippen LogP contribution in [-0.4, -0.2) is 22.8 Å². The second kappa shape index (κ2) is 8.84. The van der Waals surface area contributed by atoms with Gasteiger partial charge in [0, 0.05) is 35.8 Å². The van der Waals surface area contributed by atoms with Crippen LogP contribution in [0.3, 0.4) is 0 Å². The topological polar surface area (TPSA) is 63.5 Å². The molecule has 0 saturated heterocycles. The number of nitrogens with zero attached hydrogens (tertiary/aromatic N) is 1. The largest absolute Gasteiger partial charge is 0.497 e. The van der Waals surface area contributed by atoms with Gasteiger partial charge in [0.1, 0.15) is 11.8 Å². The molecule has 0 aliphatic carbocycles. The number of aromatic nitrogens is 1. The molecule has 0 spiro atoms. The van der Waals surface area contributed by atoms with Crippen LogP contribution in [-0.2, 0) is 17.9 Å². The first-order valence-electron chi connectivity index (χ1n) is 9.86. The van der Waals surface area contributed by atoms with Crippen LogP contribution in [0, 0.1) is 0 Å². The smallest absolute Gasteiger partial charge is 0.325 e. The molecule has 0 aliphatic heterocycles. The number of aliphatic carboxylic acids is 1. The van der Waals surface area contributed by atoms with Gasteiger partial charge in [-0.3, -0.25) is 10.1 Å². The van der Waals surface area contributed by atoms with E-state index in [2.05, 4.69) is 22.0 Å². The van der Waals surface area contributed by atoms with E-state index in [-0.39, 0.29) is 0 Å². The Morgan fingerprint density at radius 1 is 1.00 bits per heavy atom. The Kier molecular flexibility index (Phi) is 5.82. The van der Waals surface area contributed by atoms with Gasteiger partial charge in [-0.2, -0.15) is 0 Å². The maximum absolute atomic E-state index is 12.2. The highest BCUT2D eigenvalue weighted by molar-refractivity contribution is 5.89. The van der Waals surface area contributed by atoms with Gasteiger partial charge in [0.2, 0.25) is 0 Å². The van der Waals surface area contributed by atoms with Gasteiger partial charge in [0.05, 0.1) is 7.11 Å². The van der Waals surface area contributed by atoms with Crippen molar-refractivity contribution < 1.29 is 14.6 Å². The zero-order valence-corrected chi connectivity index (χ0v) is 16.8. The van der Waals surface area contributed by atoms with Crippen LogP contribution >= 0.6 is 0 Å². The quantitative estimate of drug-likeness (QED) is 0.453. The number of nitrogens with one attached hydrogen (secondary N) is 1. The monoisotopic (exact) mass is 400 g/mol. The van der Waals surface area contributed by atoms with Crippen molar-refractivity contribution in [1.82, 2.24) is 9.88 Å². The van der Waals surface area contributed by atoms with Crippen LogP contribution in [0.4, 0.5) is 0 Å². The van der Waals surface area contributed by atoms with Crippen LogP contribution in [0.1, 0.15) is 22.7 Å². The Bertz CT molecular complexity index is 1150. The van der Waals surface area contributed by atoms with Gasteiger partial charge in [-0.1, -0.05) is 60.7 Å². The summed E-state index contributed by atoms with van der Waals surface area (Å²) in [5.41, 5.74) is 3.91. The lowest BCUT2D eigenvalue weighted by atomic mass is 10.1. The van der Waals surface area contributed by atoms with Gasteiger partial charge in [0.25, 0.3) is 0 Å². The lowest BCUT2D eigenvalue weighted by Gasteiger charge is -2.14. The molecule has 2 N–H and O–H groups in total. The Balaban J connectivity index is 1.65. The maximum Gasteiger partial charge on any atom is 0.325 e. The molecule has 3 aromatic carbocycles. The first-order valence-corrected chi connectivity index (χ1v) is 9.86. The average molecular weight is 400 g/mol. The third-order valence-corrected chi connectivity index (χ3v) is 5.22. The molecular weight excluding hydrogens is 376 g/mol. The molecule has 0 fully saturated rings. The SMILES string of the molecule is COc1cccc(CNC(C(=O)O)c2cn(Cc3ccccc3)c3ccccc23)c1. The predicted molar refractivity (Wildman–Crippen MR) is 118 cm³/mol. The molecule has 0 amide bonds. The van der Waals surface area contributed by atoms with Gasteiger partial charge >= 0.3 is 5.97 Å². The first kappa shape index (κ1) is 19.7. The maximum atomic E-state index is 12.2. The zero-order valence-electron chi connectivity index (χ0n) is 16.8. The number of hydrogen-bond donors (Lipinski definition) is 2. The molecule has 0 saturated carbocycles. The van der Waals surface area contributed by atoms with Crippen LogP contribution in [0.25, 0.3) is 10.9 Å².